The van der Waals surface area contributed by atoms with Crippen molar-refractivity contribution in [1.29, 1.82) is 0 Å². The summed E-state index contributed by atoms with van der Waals surface area (Å²) >= 11 is 0. The van der Waals surface area contributed by atoms with Crippen LogP contribution in [0.3, 0.4) is 0 Å². The van der Waals surface area contributed by atoms with E-state index in [1.165, 1.54) is 0 Å². The maximum absolute atomic E-state index is 10.3. The van der Waals surface area contributed by atoms with Crippen LogP contribution in [0.5, 0.6) is 11.5 Å². The largest absolute Gasteiger partial charge is 0.508 e. The summed E-state index contributed by atoms with van der Waals surface area (Å²) in [6.07, 6.45) is 1.77. The number of phenols is 1. The first-order valence-corrected chi connectivity index (χ1v) is 7.83. The van der Waals surface area contributed by atoms with E-state index in [-0.39, 0.29) is 11.8 Å². The van der Waals surface area contributed by atoms with Crippen LogP contribution >= 0.6 is 0 Å². The molecule has 0 saturated heterocycles. The third-order valence-corrected chi connectivity index (χ3v) is 3.91. The van der Waals surface area contributed by atoms with Gasteiger partial charge in [-0.2, -0.15) is 0 Å². The second kappa shape index (κ2) is 7.62. The molecule has 3 aromatic rings. The fraction of sp³-hybridized carbons (Fsp3) is 0.150. The predicted molar refractivity (Wildman–Crippen MR) is 94.0 cm³/mol. The summed E-state index contributed by atoms with van der Waals surface area (Å²) in [5.41, 5.74) is 2.71. The molecule has 0 spiro atoms. The molecule has 0 amide bonds. The van der Waals surface area contributed by atoms with Gasteiger partial charge in [-0.1, -0.05) is 42.5 Å². The van der Waals surface area contributed by atoms with Gasteiger partial charge in [-0.25, -0.2) is 0 Å². The van der Waals surface area contributed by atoms with Crippen LogP contribution in [-0.4, -0.2) is 17.2 Å². The zero-order valence-corrected chi connectivity index (χ0v) is 13.5. The Bertz CT molecular complexity index is 790. The Balaban J connectivity index is 1.96. The van der Waals surface area contributed by atoms with Gasteiger partial charge in [0.25, 0.3) is 0 Å². The molecule has 0 radical (unpaired) electrons. The topological polar surface area (TPSA) is 54.4 Å². The lowest BCUT2D eigenvalue weighted by Crippen LogP contribution is -2.23. The lowest BCUT2D eigenvalue weighted by molar-refractivity contribution is 0.401. The molecule has 0 fully saturated rings. The molecule has 0 aliphatic rings. The van der Waals surface area contributed by atoms with E-state index in [2.05, 4.69) is 10.3 Å². The molecular weight excluding hydrogens is 300 g/mol. The van der Waals surface area contributed by atoms with Crippen LogP contribution < -0.4 is 10.1 Å². The van der Waals surface area contributed by atoms with Crippen LogP contribution in [0.15, 0.2) is 72.9 Å². The third kappa shape index (κ3) is 3.55. The summed E-state index contributed by atoms with van der Waals surface area (Å²) in [4.78, 5) is 4.35. The maximum atomic E-state index is 10.3. The van der Waals surface area contributed by atoms with Gasteiger partial charge in [0.05, 0.1) is 18.8 Å². The van der Waals surface area contributed by atoms with Gasteiger partial charge in [-0.05, 0) is 24.3 Å². The summed E-state index contributed by atoms with van der Waals surface area (Å²) in [5.74, 6) is 1.03. The molecule has 3 rings (SSSR count). The zero-order chi connectivity index (χ0) is 16.8. The molecule has 1 unspecified atom stereocenters. The fourth-order valence-electron chi connectivity index (χ4n) is 2.73. The number of nitrogens with one attached hydrogen (secondary N) is 1. The minimum atomic E-state index is -0.204. The Morgan fingerprint density at radius 2 is 1.67 bits per heavy atom. The van der Waals surface area contributed by atoms with E-state index >= 15 is 0 Å². The minimum Gasteiger partial charge on any atom is -0.508 e. The Morgan fingerprint density at radius 3 is 2.38 bits per heavy atom. The number of phenolic OH excluding ortho intramolecular Hbond substituents is 1. The highest BCUT2D eigenvalue weighted by Gasteiger charge is 2.20. The van der Waals surface area contributed by atoms with Crippen LogP contribution in [0, 0.1) is 0 Å². The minimum absolute atomic E-state index is 0.204. The number of rotatable bonds is 6. The van der Waals surface area contributed by atoms with Crippen LogP contribution in [0.1, 0.15) is 22.9 Å². The summed E-state index contributed by atoms with van der Waals surface area (Å²) in [7, 11) is 1.65. The Labute approximate surface area is 141 Å². The Hall–Kier alpha value is -2.85. The van der Waals surface area contributed by atoms with Gasteiger partial charge in [-0.3, -0.25) is 4.98 Å². The van der Waals surface area contributed by atoms with Crippen LogP contribution in [0.4, 0.5) is 0 Å². The van der Waals surface area contributed by atoms with Crippen molar-refractivity contribution in [3.05, 3.63) is 89.7 Å². The van der Waals surface area contributed by atoms with Gasteiger partial charge < -0.3 is 15.2 Å². The molecule has 0 bridgehead atoms. The molecule has 1 aromatic heterocycles. The Morgan fingerprint density at radius 1 is 0.958 bits per heavy atom. The van der Waals surface area contributed by atoms with E-state index in [1.54, 1.807) is 19.4 Å². The lowest BCUT2D eigenvalue weighted by Gasteiger charge is -2.22. The van der Waals surface area contributed by atoms with Gasteiger partial charge in [0.15, 0.2) is 0 Å². The first kappa shape index (κ1) is 16.0. The van der Waals surface area contributed by atoms with Crippen molar-refractivity contribution in [3.8, 4) is 11.5 Å². The first-order chi connectivity index (χ1) is 11.8. The third-order valence-electron chi connectivity index (χ3n) is 3.91. The smallest absolute Gasteiger partial charge is 0.123 e. The van der Waals surface area contributed by atoms with Crippen LogP contribution in [0.2, 0.25) is 0 Å². The number of methoxy groups -OCH3 is 1. The fourth-order valence-corrected chi connectivity index (χ4v) is 2.73. The summed E-state index contributed by atoms with van der Waals surface area (Å²) < 4.78 is 5.50. The van der Waals surface area contributed by atoms with Crippen molar-refractivity contribution in [2.75, 3.05) is 7.11 Å². The average molecular weight is 320 g/mol. The molecule has 24 heavy (non-hydrogen) atoms. The van der Waals surface area contributed by atoms with Crippen LogP contribution in [0.25, 0.3) is 0 Å². The summed E-state index contributed by atoms with van der Waals surface area (Å²) in [5, 5.41) is 13.8. The highest BCUT2D eigenvalue weighted by atomic mass is 16.5. The molecule has 4 nitrogen and oxygen atoms in total. The molecule has 122 valence electrons. The van der Waals surface area contributed by atoms with E-state index in [4.69, 9.17) is 4.74 Å². The predicted octanol–water partition coefficient (Wildman–Crippen LogP) is 3.68. The number of aromatic nitrogens is 1. The SMILES string of the molecule is COc1ccccc1C(NCc1ccccn1)c1ccccc1O. The number of para-hydroxylation sites is 2. The van der Waals surface area contributed by atoms with Gasteiger partial charge in [0, 0.05) is 23.9 Å². The number of pyridine rings is 1. The molecule has 1 heterocycles. The zero-order valence-electron chi connectivity index (χ0n) is 13.5. The number of hydrogen-bond acceptors (Lipinski definition) is 4. The number of hydrogen-bond donors (Lipinski definition) is 2. The summed E-state index contributed by atoms with van der Waals surface area (Å²) in [6.45, 7) is 0.581. The number of nitrogens with zero attached hydrogens (tertiary/aromatic N) is 1. The monoisotopic (exact) mass is 320 g/mol. The molecule has 0 saturated carbocycles. The highest BCUT2D eigenvalue weighted by molar-refractivity contribution is 5.46. The van der Waals surface area contributed by atoms with Crippen LogP contribution in [-0.2, 0) is 6.54 Å². The number of aromatic hydroxyl groups is 1. The first-order valence-electron chi connectivity index (χ1n) is 7.83. The van der Waals surface area contributed by atoms with Crippen molar-refractivity contribution in [2.45, 2.75) is 12.6 Å². The molecule has 1 atom stereocenters. The number of benzene rings is 2. The van der Waals surface area contributed by atoms with Gasteiger partial charge in [-0.15, -0.1) is 0 Å². The van der Waals surface area contributed by atoms with E-state index in [0.29, 0.717) is 6.54 Å². The van der Waals surface area contributed by atoms with Gasteiger partial charge >= 0.3 is 0 Å². The quantitative estimate of drug-likeness (QED) is 0.727. The van der Waals surface area contributed by atoms with Crippen molar-refractivity contribution in [3.63, 3.8) is 0 Å². The molecular formula is C20H20N2O2. The molecule has 0 aliphatic heterocycles. The number of ether oxygens (including phenoxy) is 1. The average Bonchev–Trinajstić information content (AvgIpc) is 2.64. The van der Waals surface area contributed by atoms with Crippen molar-refractivity contribution < 1.29 is 9.84 Å². The molecule has 4 heteroatoms. The van der Waals surface area contributed by atoms with Gasteiger partial charge in [0.1, 0.15) is 11.5 Å². The maximum Gasteiger partial charge on any atom is 0.123 e. The van der Waals surface area contributed by atoms with Gasteiger partial charge in [0.2, 0.25) is 0 Å². The molecule has 2 aromatic carbocycles. The van der Waals surface area contributed by atoms with Crippen molar-refractivity contribution in [2.24, 2.45) is 0 Å². The Kier molecular flexibility index (Phi) is 5.08. The lowest BCUT2D eigenvalue weighted by atomic mass is 9.96. The van der Waals surface area contributed by atoms with Crippen molar-refractivity contribution >= 4 is 0 Å². The van der Waals surface area contributed by atoms with E-state index in [1.807, 2.05) is 60.7 Å². The second-order valence-corrected chi connectivity index (χ2v) is 5.44. The van der Waals surface area contributed by atoms with E-state index in [9.17, 15) is 5.11 Å². The highest BCUT2D eigenvalue weighted by Crippen LogP contribution is 2.34. The van der Waals surface area contributed by atoms with E-state index in [0.717, 1.165) is 22.6 Å². The van der Waals surface area contributed by atoms with Crippen molar-refractivity contribution in [1.82, 2.24) is 10.3 Å². The standard InChI is InChI=1S/C20H20N2O2/c1-24-19-12-5-3-10-17(19)20(16-9-2-4-11-18(16)23)22-14-15-8-6-7-13-21-15/h2-13,20,22-23H,14H2,1H3. The molecule has 0 aliphatic carbocycles. The second-order valence-electron chi connectivity index (χ2n) is 5.44. The molecule has 2 N–H and O–H groups in total. The summed E-state index contributed by atoms with van der Waals surface area (Å²) in [6, 6.07) is 20.8. The van der Waals surface area contributed by atoms with E-state index < -0.39 is 0 Å². The normalized spacial score (nSPS) is 11.9.